The van der Waals surface area contributed by atoms with Crippen LogP contribution < -0.4 is 0 Å². The van der Waals surface area contributed by atoms with Gasteiger partial charge in [0.15, 0.2) is 16.7 Å². The fourth-order valence-electron chi connectivity index (χ4n) is 1.73. The van der Waals surface area contributed by atoms with Crippen LogP contribution in [0.5, 0.6) is 0 Å². The van der Waals surface area contributed by atoms with Gasteiger partial charge in [0.1, 0.15) is 18.1 Å². The van der Waals surface area contributed by atoms with Gasteiger partial charge in [0, 0.05) is 12.4 Å². The maximum atomic E-state index is 12.1. The average Bonchev–Trinajstić information content (AvgIpc) is 3.23. The Bertz CT molecular complexity index is 490. The highest BCUT2D eigenvalue weighted by Crippen LogP contribution is 2.31. The third-order valence-electron chi connectivity index (χ3n) is 2.82. The second-order valence-corrected chi connectivity index (χ2v) is 4.47. The van der Waals surface area contributed by atoms with Crippen molar-refractivity contribution in [2.45, 2.75) is 18.1 Å². The van der Waals surface area contributed by atoms with Gasteiger partial charge in [0.2, 0.25) is 0 Å². The molecule has 2 unspecified atom stereocenters. The summed E-state index contributed by atoms with van der Waals surface area (Å²) in [6.45, 7) is 0.679. The average molecular weight is 269 g/mol. The number of hydrogen-bond donors (Lipinski definition) is 0. The molecular formula is C11H9ClN2O4. The van der Waals surface area contributed by atoms with E-state index in [2.05, 4.69) is 9.97 Å². The zero-order chi connectivity index (χ0) is 12.7. The van der Waals surface area contributed by atoms with E-state index in [0.717, 1.165) is 0 Å². The lowest BCUT2D eigenvalue weighted by atomic mass is 9.92. The number of Topliss-reactive ketones (excluding diaryl/α,β-unsaturated/α-hetero) is 2. The van der Waals surface area contributed by atoms with Crippen LogP contribution in [0.25, 0.3) is 0 Å². The Morgan fingerprint density at radius 3 is 2.11 bits per heavy atom. The SMILES string of the molecule is O=C(C1CO1)C(C(=O)C1CO1)c1nccnc1Cl. The number of carbonyl (C=O) groups is 2. The topological polar surface area (TPSA) is 85.0 Å². The largest absolute Gasteiger partial charge is 0.365 e. The Labute approximate surface area is 107 Å². The molecule has 0 aromatic carbocycles. The summed E-state index contributed by atoms with van der Waals surface area (Å²) in [5.74, 6) is -1.68. The highest BCUT2D eigenvalue weighted by molar-refractivity contribution is 6.31. The lowest BCUT2D eigenvalue weighted by Gasteiger charge is -2.12. The van der Waals surface area contributed by atoms with Crippen molar-refractivity contribution in [2.75, 3.05) is 13.2 Å². The third-order valence-corrected chi connectivity index (χ3v) is 3.11. The summed E-state index contributed by atoms with van der Waals surface area (Å²) < 4.78 is 9.86. The van der Waals surface area contributed by atoms with E-state index in [1.807, 2.05) is 0 Å². The monoisotopic (exact) mass is 268 g/mol. The van der Waals surface area contributed by atoms with Gasteiger partial charge in [-0.2, -0.15) is 0 Å². The fraction of sp³-hybridized carbons (Fsp3) is 0.455. The summed E-state index contributed by atoms with van der Waals surface area (Å²) in [4.78, 5) is 32.0. The third kappa shape index (κ3) is 2.14. The molecule has 3 rings (SSSR count). The van der Waals surface area contributed by atoms with Crippen LogP contribution in [0.2, 0.25) is 5.15 Å². The van der Waals surface area contributed by atoms with Crippen molar-refractivity contribution >= 4 is 23.2 Å². The molecule has 2 saturated heterocycles. The molecule has 7 heteroatoms. The molecule has 2 aliphatic rings. The summed E-state index contributed by atoms with van der Waals surface area (Å²) in [5.41, 5.74) is 0.181. The molecule has 2 aliphatic heterocycles. The van der Waals surface area contributed by atoms with Crippen LogP contribution in [0.4, 0.5) is 0 Å². The Morgan fingerprint density at radius 2 is 1.67 bits per heavy atom. The van der Waals surface area contributed by atoms with Gasteiger partial charge in [0.05, 0.1) is 18.9 Å². The summed E-state index contributed by atoms with van der Waals surface area (Å²) >= 11 is 5.90. The van der Waals surface area contributed by atoms with E-state index in [-0.39, 0.29) is 22.4 Å². The maximum Gasteiger partial charge on any atom is 0.180 e. The molecule has 0 N–H and O–H groups in total. The Kier molecular flexibility index (Phi) is 2.85. The van der Waals surface area contributed by atoms with Crippen LogP contribution in [0.3, 0.4) is 0 Å². The molecule has 2 atom stereocenters. The first kappa shape index (κ1) is 11.7. The van der Waals surface area contributed by atoms with Crippen molar-refractivity contribution in [1.82, 2.24) is 9.97 Å². The highest BCUT2D eigenvalue weighted by atomic mass is 35.5. The van der Waals surface area contributed by atoms with E-state index in [4.69, 9.17) is 21.1 Å². The Morgan fingerprint density at radius 1 is 1.17 bits per heavy atom. The summed E-state index contributed by atoms with van der Waals surface area (Å²) in [6.07, 6.45) is 1.74. The Hall–Kier alpha value is -1.37. The number of aromatic nitrogens is 2. The minimum atomic E-state index is -1.04. The van der Waals surface area contributed by atoms with Crippen LogP contribution in [0.1, 0.15) is 11.6 Å². The standard InChI is InChI=1S/C11H9ClN2O4/c12-11-8(13-1-2-14-11)7(9(15)5-3-17-5)10(16)6-4-18-6/h1-2,5-7H,3-4H2. The summed E-state index contributed by atoms with van der Waals surface area (Å²) in [7, 11) is 0. The minimum absolute atomic E-state index is 0.0606. The number of rotatable bonds is 5. The molecule has 1 aromatic heterocycles. The predicted octanol–water partition coefficient (Wildman–Crippen LogP) is 0.149. The molecule has 94 valence electrons. The lowest BCUT2D eigenvalue weighted by Crippen LogP contribution is -2.30. The lowest BCUT2D eigenvalue weighted by molar-refractivity contribution is -0.130. The van der Waals surface area contributed by atoms with E-state index in [9.17, 15) is 9.59 Å². The molecule has 2 fully saturated rings. The molecule has 6 nitrogen and oxygen atoms in total. The van der Waals surface area contributed by atoms with Crippen LogP contribution in [0, 0.1) is 0 Å². The molecule has 0 bridgehead atoms. The summed E-state index contributed by atoms with van der Waals surface area (Å²) in [5, 5.41) is 0.0606. The number of epoxide rings is 2. The maximum absolute atomic E-state index is 12.1. The van der Waals surface area contributed by atoms with Crippen LogP contribution >= 0.6 is 11.6 Å². The molecule has 3 heterocycles. The molecule has 0 radical (unpaired) electrons. The number of halogens is 1. The second-order valence-electron chi connectivity index (χ2n) is 4.11. The first-order chi connectivity index (χ1) is 8.68. The number of ether oxygens (including phenoxy) is 2. The van der Waals surface area contributed by atoms with Crippen molar-refractivity contribution in [3.63, 3.8) is 0 Å². The number of hydrogen-bond acceptors (Lipinski definition) is 6. The number of ketones is 2. The molecule has 0 spiro atoms. The number of carbonyl (C=O) groups excluding carboxylic acids is 2. The van der Waals surface area contributed by atoms with E-state index < -0.39 is 18.1 Å². The van der Waals surface area contributed by atoms with Gasteiger partial charge in [-0.25, -0.2) is 4.98 Å². The molecule has 18 heavy (non-hydrogen) atoms. The van der Waals surface area contributed by atoms with E-state index in [1.54, 1.807) is 0 Å². The number of nitrogens with zero attached hydrogens (tertiary/aromatic N) is 2. The van der Waals surface area contributed by atoms with E-state index >= 15 is 0 Å². The van der Waals surface area contributed by atoms with Gasteiger partial charge in [-0.05, 0) is 0 Å². The van der Waals surface area contributed by atoms with Crippen molar-refractivity contribution in [2.24, 2.45) is 0 Å². The van der Waals surface area contributed by atoms with Crippen LogP contribution in [0.15, 0.2) is 12.4 Å². The Balaban J connectivity index is 1.95. The van der Waals surface area contributed by atoms with Crippen molar-refractivity contribution < 1.29 is 19.1 Å². The van der Waals surface area contributed by atoms with Crippen LogP contribution in [-0.2, 0) is 19.1 Å². The normalized spacial score (nSPS) is 26.5. The smallest absolute Gasteiger partial charge is 0.180 e. The van der Waals surface area contributed by atoms with Gasteiger partial charge in [-0.15, -0.1) is 0 Å². The van der Waals surface area contributed by atoms with E-state index in [1.165, 1.54) is 12.4 Å². The first-order valence-corrected chi connectivity index (χ1v) is 5.83. The van der Waals surface area contributed by atoms with Gasteiger partial charge in [-0.3, -0.25) is 14.6 Å². The zero-order valence-corrected chi connectivity index (χ0v) is 9.96. The van der Waals surface area contributed by atoms with Crippen molar-refractivity contribution in [3.8, 4) is 0 Å². The quantitative estimate of drug-likeness (QED) is 0.558. The van der Waals surface area contributed by atoms with Crippen molar-refractivity contribution in [3.05, 3.63) is 23.2 Å². The van der Waals surface area contributed by atoms with Gasteiger partial charge in [-0.1, -0.05) is 11.6 Å². The fourth-order valence-corrected chi connectivity index (χ4v) is 1.95. The van der Waals surface area contributed by atoms with E-state index in [0.29, 0.717) is 13.2 Å². The molecule has 1 aromatic rings. The second kappa shape index (κ2) is 4.38. The summed E-state index contributed by atoms with van der Waals surface area (Å²) in [6, 6.07) is 0. The molecule has 0 saturated carbocycles. The zero-order valence-electron chi connectivity index (χ0n) is 9.21. The molecule has 0 aliphatic carbocycles. The molecular weight excluding hydrogens is 260 g/mol. The highest BCUT2D eigenvalue weighted by Gasteiger charge is 2.47. The van der Waals surface area contributed by atoms with Crippen molar-refractivity contribution in [1.29, 1.82) is 0 Å². The van der Waals surface area contributed by atoms with Gasteiger partial charge >= 0.3 is 0 Å². The predicted molar refractivity (Wildman–Crippen MR) is 59.3 cm³/mol. The molecule has 0 amide bonds. The van der Waals surface area contributed by atoms with Gasteiger partial charge in [0.25, 0.3) is 0 Å². The minimum Gasteiger partial charge on any atom is -0.365 e. The first-order valence-electron chi connectivity index (χ1n) is 5.45. The van der Waals surface area contributed by atoms with Gasteiger partial charge < -0.3 is 9.47 Å². The van der Waals surface area contributed by atoms with Crippen LogP contribution in [-0.4, -0.2) is 47.0 Å².